The van der Waals surface area contributed by atoms with E-state index in [1.165, 1.54) is 12.8 Å². The molecular weight excluding hydrogens is 156 g/mol. The van der Waals surface area contributed by atoms with Crippen LogP contribution < -0.4 is 0 Å². The minimum absolute atomic E-state index is 1.10. The van der Waals surface area contributed by atoms with Crippen LogP contribution >= 0.6 is 0 Å². The van der Waals surface area contributed by atoms with Crippen LogP contribution in [-0.2, 0) is 0 Å². The normalized spacial score (nSPS) is 13.1. The molecular formula is C13H20. The van der Waals surface area contributed by atoms with Crippen molar-refractivity contribution >= 4 is 0 Å². The van der Waals surface area contributed by atoms with E-state index in [2.05, 4.69) is 44.2 Å². The molecule has 0 N–H and O–H groups in total. The van der Waals surface area contributed by atoms with Gasteiger partial charge in [-0.2, -0.15) is 0 Å². The summed E-state index contributed by atoms with van der Waals surface area (Å²) in [7, 11) is 0. The average molecular weight is 176 g/mol. The van der Waals surface area contributed by atoms with Crippen LogP contribution in [-0.4, -0.2) is 0 Å². The first-order valence-corrected chi connectivity index (χ1v) is 5.06. The molecule has 0 amide bonds. The molecule has 0 aromatic carbocycles. The number of hydrogen-bond donors (Lipinski definition) is 0. The van der Waals surface area contributed by atoms with Crippen molar-refractivity contribution < 1.29 is 0 Å². The predicted octanol–water partition coefficient (Wildman–Crippen LogP) is 4.42. The van der Waals surface area contributed by atoms with Crippen LogP contribution in [0.25, 0.3) is 0 Å². The number of unbranched alkanes of at least 4 members (excludes halogenated alkanes) is 1. The molecule has 0 nitrogen and oxygen atoms in total. The fraction of sp³-hybridized carbons (Fsp3) is 0.385. The van der Waals surface area contributed by atoms with Crippen molar-refractivity contribution in [3.63, 3.8) is 0 Å². The molecule has 0 spiro atoms. The van der Waals surface area contributed by atoms with E-state index in [0.717, 1.165) is 6.42 Å². The first kappa shape index (κ1) is 12.0. The smallest absolute Gasteiger partial charge is 0.0350 e. The van der Waals surface area contributed by atoms with Crippen molar-refractivity contribution in [1.82, 2.24) is 0 Å². The number of hydrogen-bond acceptors (Lipinski definition) is 0. The number of rotatable bonds is 6. The largest absolute Gasteiger partial charge is 0.0848 e. The van der Waals surface area contributed by atoms with Gasteiger partial charge in [0.15, 0.2) is 0 Å². The zero-order valence-electron chi connectivity index (χ0n) is 8.74. The Bertz CT molecular complexity index is 192. The highest BCUT2D eigenvalue weighted by molar-refractivity contribution is 5.15. The van der Waals surface area contributed by atoms with Crippen LogP contribution in [0.15, 0.2) is 48.6 Å². The third-order valence-corrected chi connectivity index (χ3v) is 1.52. The van der Waals surface area contributed by atoms with Gasteiger partial charge in [-0.3, -0.25) is 0 Å². The van der Waals surface area contributed by atoms with Crippen LogP contribution in [0.3, 0.4) is 0 Å². The SMILES string of the molecule is CC/C=C/C=C/C=C/C=C/CCC. The summed E-state index contributed by atoms with van der Waals surface area (Å²) in [6.45, 7) is 4.32. The van der Waals surface area contributed by atoms with Crippen LogP contribution in [0.2, 0.25) is 0 Å². The van der Waals surface area contributed by atoms with E-state index in [-0.39, 0.29) is 0 Å². The van der Waals surface area contributed by atoms with Crippen LogP contribution in [0.1, 0.15) is 33.1 Å². The van der Waals surface area contributed by atoms with Crippen molar-refractivity contribution in [3.8, 4) is 0 Å². The van der Waals surface area contributed by atoms with Gasteiger partial charge in [-0.15, -0.1) is 0 Å². The van der Waals surface area contributed by atoms with E-state index in [4.69, 9.17) is 0 Å². The Kier molecular flexibility index (Phi) is 10.1. The molecule has 0 radical (unpaired) electrons. The molecule has 0 aliphatic rings. The fourth-order valence-corrected chi connectivity index (χ4v) is 0.813. The van der Waals surface area contributed by atoms with Crippen LogP contribution in [0.5, 0.6) is 0 Å². The van der Waals surface area contributed by atoms with Gasteiger partial charge in [0.2, 0.25) is 0 Å². The van der Waals surface area contributed by atoms with Gasteiger partial charge in [0.05, 0.1) is 0 Å². The predicted molar refractivity (Wildman–Crippen MR) is 61.8 cm³/mol. The maximum atomic E-state index is 2.19. The summed E-state index contributed by atoms with van der Waals surface area (Å²) in [5.74, 6) is 0. The molecule has 0 atom stereocenters. The minimum Gasteiger partial charge on any atom is -0.0848 e. The summed E-state index contributed by atoms with van der Waals surface area (Å²) >= 11 is 0. The molecule has 0 aliphatic carbocycles. The van der Waals surface area contributed by atoms with Crippen molar-refractivity contribution in [2.45, 2.75) is 33.1 Å². The van der Waals surface area contributed by atoms with Gasteiger partial charge >= 0.3 is 0 Å². The fourth-order valence-electron chi connectivity index (χ4n) is 0.813. The third-order valence-electron chi connectivity index (χ3n) is 1.52. The average Bonchev–Trinajstić information content (AvgIpc) is 2.16. The van der Waals surface area contributed by atoms with Crippen molar-refractivity contribution in [2.75, 3.05) is 0 Å². The number of allylic oxidation sites excluding steroid dienone is 8. The molecule has 0 saturated carbocycles. The summed E-state index contributed by atoms with van der Waals surface area (Å²) in [6, 6.07) is 0. The van der Waals surface area contributed by atoms with Crippen LogP contribution in [0.4, 0.5) is 0 Å². The maximum Gasteiger partial charge on any atom is -0.0350 e. The molecule has 0 aliphatic heterocycles. The molecule has 13 heavy (non-hydrogen) atoms. The maximum absolute atomic E-state index is 2.19. The molecule has 72 valence electrons. The molecule has 0 rings (SSSR count). The molecule has 0 aromatic rings. The van der Waals surface area contributed by atoms with E-state index in [9.17, 15) is 0 Å². The molecule has 0 aromatic heterocycles. The third kappa shape index (κ3) is 11.0. The Hall–Kier alpha value is -1.04. The molecule has 0 heteroatoms. The Labute approximate surface area is 82.4 Å². The summed E-state index contributed by atoms with van der Waals surface area (Å²) in [6.07, 6.45) is 20.2. The lowest BCUT2D eigenvalue weighted by Gasteiger charge is -1.79. The highest BCUT2D eigenvalue weighted by Gasteiger charge is 1.68. The Balaban J connectivity index is 3.50. The van der Waals surface area contributed by atoms with Crippen molar-refractivity contribution in [3.05, 3.63) is 48.6 Å². The topological polar surface area (TPSA) is 0 Å². The van der Waals surface area contributed by atoms with E-state index < -0.39 is 0 Å². The van der Waals surface area contributed by atoms with Crippen molar-refractivity contribution in [2.24, 2.45) is 0 Å². The Morgan fingerprint density at radius 2 is 1.23 bits per heavy atom. The highest BCUT2D eigenvalue weighted by atomic mass is 13.8. The summed E-state index contributed by atoms with van der Waals surface area (Å²) in [5.41, 5.74) is 0. The quantitative estimate of drug-likeness (QED) is 0.525. The van der Waals surface area contributed by atoms with Gasteiger partial charge in [0.25, 0.3) is 0 Å². The summed E-state index contributed by atoms with van der Waals surface area (Å²) < 4.78 is 0. The van der Waals surface area contributed by atoms with Gasteiger partial charge in [-0.1, -0.05) is 68.9 Å². The lowest BCUT2D eigenvalue weighted by Crippen LogP contribution is -1.58. The van der Waals surface area contributed by atoms with Crippen molar-refractivity contribution in [1.29, 1.82) is 0 Å². The van der Waals surface area contributed by atoms with Gasteiger partial charge in [-0.05, 0) is 12.8 Å². The van der Waals surface area contributed by atoms with Crippen LogP contribution in [0, 0.1) is 0 Å². The molecule has 0 fully saturated rings. The van der Waals surface area contributed by atoms with E-state index in [1.807, 2.05) is 18.2 Å². The monoisotopic (exact) mass is 176 g/mol. The second kappa shape index (κ2) is 11.0. The minimum atomic E-state index is 1.10. The Morgan fingerprint density at radius 1 is 0.692 bits per heavy atom. The summed E-state index contributed by atoms with van der Waals surface area (Å²) in [4.78, 5) is 0. The molecule has 0 saturated heterocycles. The van der Waals surface area contributed by atoms with Gasteiger partial charge in [0, 0.05) is 0 Å². The second-order valence-electron chi connectivity index (χ2n) is 2.82. The second-order valence-corrected chi connectivity index (χ2v) is 2.82. The van der Waals surface area contributed by atoms with E-state index in [0.29, 0.717) is 0 Å². The van der Waals surface area contributed by atoms with Gasteiger partial charge in [-0.25, -0.2) is 0 Å². The van der Waals surface area contributed by atoms with Gasteiger partial charge < -0.3 is 0 Å². The molecule has 0 bridgehead atoms. The molecule has 0 unspecified atom stereocenters. The zero-order valence-corrected chi connectivity index (χ0v) is 8.74. The lowest BCUT2D eigenvalue weighted by atomic mass is 10.3. The first-order valence-electron chi connectivity index (χ1n) is 5.06. The van der Waals surface area contributed by atoms with E-state index in [1.54, 1.807) is 0 Å². The zero-order chi connectivity index (χ0) is 9.78. The standard InChI is InChI=1S/C13H20/c1-3-5-7-9-11-13-12-10-8-6-4-2/h5,7-13H,3-4,6H2,1-2H3/b7-5+,10-8+,11-9+,13-12+. The highest BCUT2D eigenvalue weighted by Crippen LogP contribution is 1.89. The van der Waals surface area contributed by atoms with Gasteiger partial charge in [0.1, 0.15) is 0 Å². The Morgan fingerprint density at radius 3 is 1.77 bits per heavy atom. The summed E-state index contributed by atoms with van der Waals surface area (Å²) in [5, 5.41) is 0. The van der Waals surface area contributed by atoms with E-state index >= 15 is 0 Å². The molecule has 0 heterocycles. The first-order chi connectivity index (χ1) is 6.41. The lowest BCUT2D eigenvalue weighted by molar-refractivity contribution is 0.959.